The molecule has 11 nitrogen and oxygen atoms in total. The van der Waals surface area contributed by atoms with Gasteiger partial charge in [-0.1, -0.05) is 101 Å². The third-order valence-corrected chi connectivity index (χ3v) is 8.45. The normalized spacial score (nSPS) is 16.6. The minimum absolute atomic E-state index is 0.00290. The molecular weight excluding hydrogens is 661 g/mol. The van der Waals surface area contributed by atoms with Crippen LogP contribution in [0.1, 0.15) is 46.0 Å². The van der Waals surface area contributed by atoms with Crippen LogP contribution in [0, 0.1) is 0 Å². The largest absolute Gasteiger partial charge is 0.481 e. The van der Waals surface area contributed by atoms with Crippen molar-refractivity contribution in [2.75, 3.05) is 6.61 Å². The Balaban J connectivity index is 1.33. The maximum absolute atomic E-state index is 14.0. The molecule has 0 aromatic heterocycles. The first-order valence-corrected chi connectivity index (χ1v) is 15.5. The van der Waals surface area contributed by atoms with Crippen molar-refractivity contribution in [1.82, 2.24) is 10.6 Å². The van der Waals surface area contributed by atoms with E-state index in [1.165, 1.54) is 18.2 Å². The summed E-state index contributed by atoms with van der Waals surface area (Å²) in [7, 11) is 0. The third kappa shape index (κ3) is 7.32. The lowest BCUT2D eigenvalue weighted by Gasteiger charge is -2.28. The number of rotatable bonds is 12. The lowest BCUT2D eigenvalue weighted by molar-refractivity contribution is -0.149. The van der Waals surface area contributed by atoms with Crippen molar-refractivity contribution in [3.63, 3.8) is 0 Å². The number of fused-ring (bicyclic) bond motifs is 1. The summed E-state index contributed by atoms with van der Waals surface area (Å²) in [5, 5.41) is 20.7. The van der Waals surface area contributed by atoms with Crippen LogP contribution in [-0.2, 0) is 29.6 Å². The van der Waals surface area contributed by atoms with E-state index >= 15 is 0 Å². The van der Waals surface area contributed by atoms with Gasteiger partial charge in [-0.2, -0.15) is 0 Å². The molecule has 0 fully saturated rings. The van der Waals surface area contributed by atoms with Gasteiger partial charge in [-0.05, 0) is 35.9 Å². The molecule has 4 aromatic carbocycles. The molecular formula is C35H29Cl2N3O8. The first-order valence-electron chi connectivity index (χ1n) is 14.8. The van der Waals surface area contributed by atoms with Gasteiger partial charge in [0.25, 0.3) is 11.8 Å². The van der Waals surface area contributed by atoms with Crippen LogP contribution in [0.2, 0.25) is 10.0 Å². The highest BCUT2D eigenvalue weighted by Gasteiger charge is 2.50. The smallest absolute Gasteiger partial charge is 0.341 e. The summed E-state index contributed by atoms with van der Waals surface area (Å²) in [6.45, 7) is 0.817. The Morgan fingerprint density at radius 2 is 1.54 bits per heavy atom. The Bertz CT molecular complexity index is 1910. The zero-order chi connectivity index (χ0) is 34.4. The number of amides is 2. The number of nitrogens with one attached hydrogen (secondary N) is 2. The highest BCUT2D eigenvalue weighted by atomic mass is 35.5. The fourth-order valence-corrected chi connectivity index (χ4v) is 5.83. The lowest BCUT2D eigenvalue weighted by Crippen LogP contribution is -2.52. The Kier molecular flexibility index (Phi) is 10.4. The van der Waals surface area contributed by atoms with Gasteiger partial charge in [0.1, 0.15) is 6.04 Å². The number of hydrogen-bond donors (Lipinski definition) is 3. The second-order valence-corrected chi connectivity index (χ2v) is 11.8. The number of esters is 1. The van der Waals surface area contributed by atoms with Gasteiger partial charge in [-0.3, -0.25) is 19.2 Å². The number of hydrogen-bond acceptors (Lipinski definition) is 8. The van der Waals surface area contributed by atoms with Gasteiger partial charge in [0.2, 0.25) is 5.60 Å². The second kappa shape index (κ2) is 14.7. The first kappa shape index (κ1) is 34.1. The quantitative estimate of drug-likeness (QED) is 0.168. The SMILES string of the molecule is C[C@H](NC(=O)c1cccc2ccccc12)C1=NOC(C(=O)N[C@@H](CC(=O)O)C(=O)COC(=O)c2c(Cl)cccc2Cl)(c2ccccc2)C1. The molecule has 0 aliphatic carbocycles. The Hall–Kier alpha value is -5.26. The predicted molar refractivity (Wildman–Crippen MR) is 178 cm³/mol. The van der Waals surface area contributed by atoms with E-state index in [-0.39, 0.29) is 27.9 Å². The van der Waals surface area contributed by atoms with Crippen molar-refractivity contribution >= 4 is 69.2 Å². The number of carboxylic acids is 1. The van der Waals surface area contributed by atoms with Crippen LogP contribution in [-0.4, -0.2) is 59.0 Å². The average molecular weight is 691 g/mol. The standard InChI is InChI=1S/C35H29Cl2N3O8/c1-20(38-32(44)24-14-7-10-21-9-5-6-13-23(21)24)28-18-35(48-40-28,22-11-3-2-4-12-22)34(46)39-27(17-30(42)43)29(41)19-47-33(45)31-25(36)15-8-16-26(31)37/h2-16,20,27H,17-19H2,1H3,(H,38,44)(H,39,46)(H,42,43)/t20-,27-,35?/m0/s1. The van der Waals surface area contributed by atoms with E-state index in [4.69, 9.17) is 32.8 Å². The molecule has 13 heteroatoms. The molecule has 3 atom stereocenters. The van der Waals surface area contributed by atoms with Crippen molar-refractivity contribution in [2.45, 2.75) is 37.5 Å². The number of ketones is 1. The van der Waals surface area contributed by atoms with Crippen LogP contribution >= 0.6 is 23.2 Å². The van der Waals surface area contributed by atoms with E-state index in [9.17, 15) is 29.1 Å². The number of benzene rings is 4. The first-order chi connectivity index (χ1) is 23.0. The molecule has 1 unspecified atom stereocenters. The van der Waals surface area contributed by atoms with E-state index in [0.29, 0.717) is 16.8 Å². The number of carbonyl (C=O) groups excluding carboxylic acids is 4. The molecule has 1 aliphatic heterocycles. The van der Waals surface area contributed by atoms with Gasteiger partial charge >= 0.3 is 11.9 Å². The van der Waals surface area contributed by atoms with Crippen LogP contribution in [0.3, 0.4) is 0 Å². The Morgan fingerprint density at radius 1 is 0.896 bits per heavy atom. The summed E-state index contributed by atoms with van der Waals surface area (Å²) in [4.78, 5) is 70.6. The molecule has 0 saturated carbocycles. The number of carbonyl (C=O) groups is 5. The maximum Gasteiger partial charge on any atom is 0.341 e. The summed E-state index contributed by atoms with van der Waals surface area (Å²) in [5.41, 5.74) is -0.821. The maximum atomic E-state index is 14.0. The molecule has 1 heterocycles. The number of aliphatic carboxylic acids is 1. The third-order valence-electron chi connectivity index (χ3n) is 7.82. The van der Waals surface area contributed by atoms with Crippen molar-refractivity contribution in [1.29, 1.82) is 0 Å². The average Bonchev–Trinajstić information content (AvgIpc) is 3.54. The summed E-state index contributed by atoms with van der Waals surface area (Å²) in [5.74, 6) is -4.52. The molecule has 0 bridgehead atoms. The van der Waals surface area contributed by atoms with Gasteiger partial charge in [0.15, 0.2) is 12.4 Å². The van der Waals surface area contributed by atoms with Gasteiger partial charge in [0.05, 0.1) is 33.8 Å². The van der Waals surface area contributed by atoms with E-state index in [0.717, 1.165) is 10.8 Å². The summed E-state index contributed by atoms with van der Waals surface area (Å²) in [6.07, 6.45) is -0.946. The van der Waals surface area contributed by atoms with Gasteiger partial charge in [0, 0.05) is 17.5 Å². The topological polar surface area (TPSA) is 160 Å². The molecule has 3 N–H and O–H groups in total. The van der Waals surface area contributed by atoms with Gasteiger partial charge < -0.3 is 25.3 Å². The van der Waals surface area contributed by atoms with Gasteiger partial charge in [-0.25, -0.2) is 4.79 Å². The Labute approximate surface area is 284 Å². The van der Waals surface area contributed by atoms with E-state index in [1.807, 2.05) is 30.3 Å². The molecule has 246 valence electrons. The summed E-state index contributed by atoms with van der Waals surface area (Å²) < 4.78 is 5.08. The van der Waals surface area contributed by atoms with E-state index in [2.05, 4.69) is 15.8 Å². The molecule has 0 spiro atoms. The number of carboxylic acid groups (broad SMARTS) is 1. The van der Waals surface area contributed by atoms with Crippen molar-refractivity contribution in [3.05, 3.63) is 118 Å². The predicted octanol–water partition coefficient (Wildman–Crippen LogP) is 5.32. The number of nitrogens with zero attached hydrogens (tertiary/aromatic N) is 1. The molecule has 1 aliphatic rings. The lowest BCUT2D eigenvalue weighted by atomic mass is 9.86. The second-order valence-electron chi connectivity index (χ2n) is 11.0. The van der Waals surface area contributed by atoms with E-state index in [1.54, 1.807) is 49.4 Å². The minimum atomic E-state index is -1.81. The molecule has 2 amide bonds. The van der Waals surface area contributed by atoms with Crippen LogP contribution in [0.25, 0.3) is 10.8 Å². The fourth-order valence-electron chi connectivity index (χ4n) is 5.28. The molecule has 0 radical (unpaired) electrons. The number of halogens is 2. The number of ether oxygens (including phenoxy) is 1. The zero-order valence-corrected chi connectivity index (χ0v) is 27.0. The monoisotopic (exact) mass is 689 g/mol. The summed E-state index contributed by atoms with van der Waals surface area (Å²) >= 11 is 12.1. The molecule has 5 rings (SSSR count). The zero-order valence-electron chi connectivity index (χ0n) is 25.4. The fraction of sp³-hybridized carbons (Fsp3) is 0.200. The van der Waals surface area contributed by atoms with Gasteiger partial charge in [-0.15, -0.1) is 0 Å². The van der Waals surface area contributed by atoms with Crippen LogP contribution in [0.15, 0.2) is 96.2 Å². The van der Waals surface area contributed by atoms with Crippen molar-refractivity contribution in [3.8, 4) is 0 Å². The minimum Gasteiger partial charge on any atom is -0.481 e. The Morgan fingerprint density at radius 3 is 2.25 bits per heavy atom. The van der Waals surface area contributed by atoms with E-state index < -0.39 is 54.3 Å². The number of Topliss-reactive ketones (excluding diaryl/α,β-unsaturated/α-hetero) is 1. The van der Waals surface area contributed by atoms with Crippen LogP contribution in [0.4, 0.5) is 0 Å². The van der Waals surface area contributed by atoms with Crippen LogP contribution in [0.5, 0.6) is 0 Å². The highest BCUT2D eigenvalue weighted by Crippen LogP contribution is 2.36. The summed E-state index contributed by atoms with van der Waals surface area (Å²) in [6, 6.07) is 23.2. The molecule has 48 heavy (non-hydrogen) atoms. The van der Waals surface area contributed by atoms with Crippen molar-refractivity contribution < 1.29 is 38.7 Å². The van der Waals surface area contributed by atoms with Crippen LogP contribution < -0.4 is 10.6 Å². The van der Waals surface area contributed by atoms with Crippen molar-refractivity contribution in [2.24, 2.45) is 5.16 Å². The highest BCUT2D eigenvalue weighted by molar-refractivity contribution is 6.39. The molecule has 0 saturated heterocycles. The number of oxime groups is 1. The molecule has 4 aromatic rings.